The minimum absolute atomic E-state index is 0.146. The highest BCUT2D eigenvalue weighted by Crippen LogP contribution is 2.35. The number of piperidine rings is 1. The molecule has 0 aliphatic carbocycles. The summed E-state index contributed by atoms with van der Waals surface area (Å²) in [7, 11) is 3.37. The Balaban J connectivity index is 1.42. The van der Waals surface area contributed by atoms with Crippen molar-refractivity contribution in [2.24, 2.45) is 0 Å². The lowest BCUT2D eigenvalue weighted by molar-refractivity contribution is 0.0827. The number of hydrogen-bond donors (Lipinski definition) is 0. The molecule has 5 rings (SSSR count). The molecule has 0 radical (unpaired) electrons. The van der Waals surface area contributed by atoms with Crippen molar-refractivity contribution >= 4 is 22.6 Å². The lowest BCUT2D eigenvalue weighted by Crippen LogP contribution is -2.33. The van der Waals surface area contributed by atoms with Crippen molar-refractivity contribution in [2.45, 2.75) is 38.5 Å². The summed E-state index contributed by atoms with van der Waals surface area (Å²) in [5.74, 6) is 1.96. The zero-order valence-corrected chi connectivity index (χ0v) is 20.8. The third kappa shape index (κ3) is 4.50. The van der Waals surface area contributed by atoms with Gasteiger partial charge in [0.25, 0.3) is 5.91 Å². The first-order chi connectivity index (χ1) is 17.3. The minimum atomic E-state index is -0.397. The SMILES string of the molecule is CC(C)c1noc(C2CCN(c3ncnc4c(-c5ccc(C(=O)N(C)C)cn5)cc(F)cc34)CC2)n1. The second-order valence-electron chi connectivity index (χ2n) is 9.59. The number of pyridine rings is 1. The summed E-state index contributed by atoms with van der Waals surface area (Å²) in [6.45, 7) is 5.53. The molecule has 1 amide bonds. The van der Waals surface area contributed by atoms with Crippen LogP contribution in [-0.4, -0.2) is 63.1 Å². The predicted octanol–water partition coefficient (Wildman–Crippen LogP) is 4.42. The first-order valence-electron chi connectivity index (χ1n) is 12.0. The first-order valence-corrected chi connectivity index (χ1v) is 12.0. The average molecular weight is 490 g/mol. The van der Waals surface area contributed by atoms with Gasteiger partial charge in [-0.25, -0.2) is 14.4 Å². The van der Waals surface area contributed by atoms with Crippen molar-refractivity contribution < 1.29 is 13.7 Å². The molecular formula is C26H28FN7O2. The number of carbonyl (C=O) groups excluding carboxylic acids is 1. The predicted molar refractivity (Wildman–Crippen MR) is 133 cm³/mol. The highest BCUT2D eigenvalue weighted by atomic mass is 19.1. The standard InChI is InChI=1S/C26H28FN7O2/c1-15(2)23-31-25(36-32-23)16-7-9-34(10-8-16)24-20-12-18(27)11-19(22(20)29-14-30-24)21-6-5-17(13-28-21)26(35)33(3)4/h5-6,11-16H,7-10H2,1-4H3. The van der Waals surface area contributed by atoms with Crippen molar-refractivity contribution in [3.8, 4) is 11.3 Å². The molecule has 36 heavy (non-hydrogen) atoms. The Morgan fingerprint density at radius 3 is 2.56 bits per heavy atom. The molecule has 1 saturated heterocycles. The molecule has 1 aliphatic rings. The van der Waals surface area contributed by atoms with E-state index in [-0.39, 0.29) is 17.7 Å². The third-order valence-corrected chi connectivity index (χ3v) is 6.49. The zero-order valence-electron chi connectivity index (χ0n) is 20.8. The number of benzene rings is 1. The minimum Gasteiger partial charge on any atom is -0.356 e. The highest BCUT2D eigenvalue weighted by Gasteiger charge is 2.27. The summed E-state index contributed by atoms with van der Waals surface area (Å²) in [4.78, 5) is 33.8. The molecule has 1 fully saturated rings. The third-order valence-electron chi connectivity index (χ3n) is 6.49. The number of rotatable bonds is 5. The van der Waals surface area contributed by atoms with Crippen LogP contribution in [0.25, 0.3) is 22.2 Å². The number of amides is 1. The maximum absolute atomic E-state index is 14.8. The zero-order chi connectivity index (χ0) is 25.4. The van der Waals surface area contributed by atoms with Gasteiger partial charge in [-0.1, -0.05) is 19.0 Å². The Kier molecular flexibility index (Phi) is 6.34. The molecule has 4 heterocycles. The summed E-state index contributed by atoms with van der Waals surface area (Å²) in [5, 5.41) is 4.72. The van der Waals surface area contributed by atoms with Crippen LogP contribution in [0.5, 0.6) is 0 Å². The molecule has 1 aliphatic heterocycles. The monoisotopic (exact) mass is 489 g/mol. The number of carbonyl (C=O) groups is 1. The second-order valence-corrected chi connectivity index (χ2v) is 9.59. The number of nitrogens with zero attached hydrogens (tertiary/aromatic N) is 7. The fraction of sp³-hybridized carbons (Fsp3) is 0.385. The van der Waals surface area contributed by atoms with Crippen LogP contribution in [0.3, 0.4) is 0 Å². The van der Waals surface area contributed by atoms with Crippen LogP contribution in [0.2, 0.25) is 0 Å². The quantitative estimate of drug-likeness (QED) is 0.406. The maximum atomic E-state index is 14.8. The van der Waals surface area contributed by atoms with Gasteiger partial charge in [0.15, 0.2) is 5.82 Å². The van der Waals surface area contributed by atoms with Gasteiger partial charge in [0.2, 0.25) is 5.89 Å². The molecule has 0 bridgehead atoms. The second kappa shape index (κ2) is 9.60. The van der Waals surface area contributed by atoms with Gasteiger partial charge in [0.1, 0.15) is 18.0 Å². The van der Waals surface area contributed by atoms with E-state index in [2.05, 4.69) is 30.0 Å². The van der Waals surface area contributed by atoms with E-state index < -0.39 is 5.82 Å². The first kappa shape index (κ1) is 23.8. The molecule has 0 atom stereocenters. The van der Waals surface area contributed by atoms with Crippen molar-refractivity contribution in [1.82, 2.24) is 30.0 Å². The van der Waals surface area contributed by atoms with Gasteiger partial charge in [-0.3, -0.25) is 9.78 Å². The van der Waals surface area contributed by atoms with E-state index in [1.807, 2.05) is 13.8 Å². The smallest absolute Gasteiger partial charge is 0.254 e. The van der Waals surface area contributed by atoms with Crippen LogP contribution in [0.15, 0.2) is 41.3 Å². The summed E-state index contributed by atoms with van der Waals surface area (Å²) in [6, 6.07) is 6.30. The van der Waals surface area contributed by atoms with E-state index in [0.29, 0.717) is 39.4 Å². The maximum Gasteiger partial charge on any atom is 0.254 e. The van der Waals surface area contributed by atoms with Crippen molar-refractivity contribution in [2.75, 3.05) is 32.1 Å². The fourth-order valence-electron chi connectivity index (χ4n) is 4.49. The molecule has 1 aromatic carbocycles. The molecule has 0 N–H and O–H groups in total. The van der Waals surface area contributed by atoms with Crippen LogP contribution < -0.4 is 4.90 Å². The van der Waals surface area contributed by atoms with E-state index in [0.717, 1.165) is 31.8 Å². The number of fused-ring (bicyclic) bond motifs is 1. The van der Waals surface area contributed by atoms with Gasteiger partial charge in [-0.15, -0.1) is 0 Å². The van der Waals surface area contributed by atoms with Crippen molar-refractivity contribution in [1.29, 1.82) is 0 Å². The Morgan fingerprint density at radius 2 is 1.92 bits per heavy atom. The van der Waals surface area contributed by atoms with Crippen LogP contribution in [0.1, 0.15) is 60.6 Å². The van der Waals surface area contributed by atoms with E-state index in [9.17, 15) is 9.18 Å². The van der Waals surface area contributed by atoms with Crippen molar-refractivity contribution in [3.63, 3.8) is 0 Å². The normalized spacial score (nSPS) is 14.6. The average Bonchev–Trinajstić information content (AvgIpc) is 3.38. The van der Waals surface area contributed by atoms with E-state index in [1.54, 1.807) is 26.2 Å². The Morgan fingerprint density at radius 1 is 1.14 bits per heavy atom. The van der Waals surface area contributed by atoms with E-state index in [1.165, 1.54) is 29.6 Å². The van der Waals surface area contributed by atoms with Crippen LogP contribution in [0, 0.1) is 5.82 Å². The Hall–Kier alpha value is -3.95. The summed E-state index contributed by atoms with van der Waals surface area (Å²) in [6.07, 6.45) is 4.66. The van der Waals surface area contributed by atoms with Crippen molar-refractivity contribution in [3.05, 3.63) is 59.9 Å². The van der Waals surface area contributed by atoms with E-state index >= 15 is 0 Å². The molecule has 0 unspecified atom stereocenters. The van der Waals surface area contributed by atoms with E-state index in [4.69, 9.17) is 4.52 Å². The Bertz CT molecular complexity index is 1390. The molecule has 0 saturated carbocycles. The van der Waals surface area contributed by atoms with Crippen LogP contribution in [0.4, 0.5) is 10.2 Å². The molecule has 3 aromatic heterocycles. The molecular weight excluding hydrogens is 461 g/mol. The van der Waals surface area contributed by atoms with Gasteiger partial charge in [-0.05, 0) is 37.1 Å². The number of aromatic nitrogens is 5. The molecule has 9 nitrogen and oxygen atoms in total. The fourth-order valence-corrected chi connectivity index (χ4v) is 4.49. The number of halogens is 1. The van der Waals surface area contributed by atoms with Gasteiger partial charge < -0.3 is 14.3 Å². The number of hydrogen-bond acceptors (Lipinski definition) is 8. The summed E-state index contributed by atoms with van der Waals surface area (Å²) >= 11 is 0. The molecule has 4 aromatic rings. The largest absolute Gasteiger partial charge is 0.356 e. The lowest BCUT2D eigenvalue weighted by Gasteiger charge is -2.32. The summed E-state index contributed by atoms with van der Waals surface area (Å²) < 4.78 is 20.3. The molecule has 186 valence electrons. The molecule has 10 heteroatoms. The number of anilines is 1. The Labute approximate surface area is 208 Å². The van der Waals surface area contributed by atoms with Gasteiger partial charge >= 0.3 is 0 Å². The van der Waals surface area contributed by atoms with Crippen LogP contribution >= 0.6 is 0 Å². The molecule has 0 spiro atoms. The highest BCUT2D eigenvalue weighted by molar-refractivity contribution is 5.99. The van der Waals surface area contributed by atoms with Gasteiger partial charge in [0, 0.05) is 56.2 Å². The topological polar surface area (TPSA) is 101 Å². The van der Waals surface area contributed by atoms with Crippen LogP contribution in [-0.2, 0) is 0 Å². The van der Waals surface area contributed by atoms with Gasteiger partial charge in [-0.2, -0.15) is 4.98 Å². The summed E-state index contributed by atoms with van der Waals surface area (Å²) in [5.41, 5.74) is 2.17. The lowest BCUT2D eigenvalue weighted by atomic mass is 9.96. The van der Waals surface area contributed by atoms with Gasteiger partial charge in [0.05, 0.1) is 16.8 Å².